The molecule has 3 heteroatoms. The van der Waals surface area contributed by atoms with E-state index in [-0.39, 0.29) is 17.2 Å². The summed E-state index contributed by atoms with van der Waals surface area (Å²) in [5.74, 6) is -0.418. The lowest BCUT2D eigenvalue weighted by Crippen LogP contribution is -2.04. The normalized spacial score (nSPS) is 10.4. The first-order valence-electron chi connectivity index (χ1n) is 5.60. The largest absolute Gasteiger partial charge is 0.294 e. The van der Waals surface area contributed by atoms with Crippen LogP contribution in [0.15, 0.2) is 42.5 Å². The van der Waals surface area contributed by atoms with Crippen LogP contribution >= 0.6 is 11.6 Å². The van der Waals surface area contributed by atoms with Gasteiger partial charge in [0.25, 0.3) is 0 Å². The van der Waals surface area contributed by atoms with Crippen molar-refractivity contribution in [1.82, 2.24) is 0 Å². The first-order chi connectivity index (χ1) is 8.56. The molecule has 0 heterocycles. The van der Waals surface area contributed by atoms with Crippen LogP contribution in [0, 0.1) is 12.7 Å². The summed E-state index contributed by atoms with van der Waals surface area (Å²) in [6, 6.07) is 11.5. The number of Topliss-reactive ketones (excluding diaryl/α,β-unsaturated/α-hetero) is 1. The third-order valence-corrected chi connectivity index (χ3v) is 3.06. The quantitative estimate of drug-likeness (QED) is 0.757. The molecule has 2 rings (SSSR count). The fourth-order valence-corrected chi connectivity index (χ4v) is 1.99. The maximum atomic E-state index is 12.9. The molecule has 18 heavy (non-hydrogen) atoms. The molecule has 0 aliphatic carbocycles. The predicted molar refractivity (Wildman–Crippen MR) is 70.6 cm³/mol. The topological polar surface area (TPSA) is 17.1 Å². The summed E-state index contributed by atoms with van der Waals surface area (Å²) in [6.07, 6.45) is 0.183. The van der Waals surface area contributed by atoms with E-state index in [1.807, 2.05) is 25.1 Å². The van der Waals surface area contributed by atoms with Crippen LogP contribution < -0.4 is 0 Å². The van der Waals surface area contributed by atoms with Crippen molar-refractivity contribution in [1.29, 1.82) is 0 Å². The van der Waals surface area contributed by atoms with Gasteiger partial charge in [-0.05, 0) is 30.7 Å². The summed E-state index contributed by atoms with van der Waals surface area (Å²) in [6.45, 7) is 1.93. The van der Waals surface area contributed by atoms with Gasteiger partial charge in [0.15, 0.2) is 5.78 Å². The summed E-state index contributed by atoms with van der Waals surface area (Å²) in [7, 11) is 0. The highest BCUT2D eigenvalue weighted by atomic mass is 35.5. The molecule has 0 amide bonds. The second kappa shape index (κ2) is 5.32. The molecular weight excluding hydrogens is 251 g/mol. The second-order valence-corrected chi connectivity index (χ2v) is 4.61. The third kappa shape index (κ3) is 2.96. The number of hydrogen-bond acceptors (Lipinski definition) is 1. The lowest BCUT2D eigenvalue weighted by molar-refractivity contribution is 0.0993. The van der Waals surface area contributed by atoms with Crippen molar-refractivity contribution >= 4 is 17.4 Å². The molecule has 0 unspecified atom stereocenters. The van der Waals surface area contributed by atoms with E-state index in [0.29, 0.717) is 11.1 Å². The number of aryl methyl sites for hydroxylation is 1. The average Bonchev–Trinajstić information content (AvgIpc) is 2.32. The van der Waals surface area contributed by atoms with E-state index in [1.54, 1.807) is 12.1 Å². The van der Waals surface area contributed by atoms with Gasteiger partial charge in [-0.3, -0.25) is 4.79 Å². The Labute approximate surface area is 110 Å². The van der Waals surface area contributed by atoms with Crippen LogP contribution in [0.2, 0.25) is 5.02 Å². The summed E-state index contributed by atoms with van der Waals surface area (Å²) in [5, 5.41) is 0.288. The number of ketones is 1. The number of rotatable bonds is 3. The van der Waals surface area contributed by atoms with E-state index in [0.717, 1.165) is 5.56 Å². The number of benzene rings is 2. The molecule has 0 saturated heterocycles. The molecule has 1 nitrogen and oxygen atoms in total. The number of hydrogen-bond donors (Lipinski definition) is 0. The Morgan fingerprint density at radius 1 is 1.22 bits per heavy atom. The minimum atomic E-state index is -0.397. The average molecular weight is 263 g/mol. The highest BCUT2D eigenvalue weighted by molar-refractivity contribution is 6.31. The number of halogens is 2. The predicted octanol–water partition coefficient (Wildman–Crippen LogP) is 4.21. The van der Waals surface area contributed by atoms with Crippen LogP contribution in [0.1, 0.15) is 21.5 Å². The third-order valence-electron chi connectivity index (χ3n) is 2.71. The maximum absolute atomic E-state index is 12.9. The maximum Gasteiger partial charge on any atom is 0.167 e. The molecule has 0 aliphatic rings. The van der Waals surface area contributed by atoms with Crippen molar-refractivity contribution < 1.29 is 9.18 Å². The van der Waals surface area contributed by atoms with Crippen molar-refractivity contribution in [2.45, 2.75) is 13.3 Å². The van der Waals surface area contributed by atoms with Gasteiger partial charge in [0.1, 0.15) is 5.82 Å². The van der Waals surface area contributed by atoms with Crippen LogP contribution in [0.25, 0.3) is 0 Å². The zero-order valence-electron chi connectivity index (χ0n) is 9.91. The van der Waals surface area contributed by atoms with E-state index in [4.69, 9.17) is 11.6 Å². The van der Waals surface area contributed by atoms with Crippen LogP contribution in [0.3, 0.4) is 0 Å². The second-order valence-electron chi connectivity index (χ2n) is 4.21. The summed E-state index contributed by atoms with van der Waals surface area (Å²) in [4.78, 5) is 12.1. The van der Waals surface area contributed by atoms with Gasteiger partial charge in [-0.1, -0.05) is 41.4 Å². The molecular formula is C15H12ClFO. The summed E-state index contributed by atoms with van der Waals surface area (Å²) < 4.78 is 12.9. The van der Waals surface area contributed by atoms with E-state index < -0.39 is 5.82 Å². The van der Waals surface area contributed by atoms with Crippen LogP contribution in [0.5, 0.6) is 0 Å². The van der Waals surface area contributed by atoms with Crippen molar-refractivity contribution in [2.24, 2.45) is 0 Å². The Morgan fingerprint density at radius 2 is 2.00 bits per heavy atom. The molecule has 0 fully saturated rings. The lowest BCUT2D eigenvalue weighted by Gasteiger charge is -2.05. The fourth-order valence-electron chi connectivity index (χ4n) is 1.76. The SMILES string of the molecule is Cc1cccc(C(=O)Cc2ccc(F)cc2Cl)c1. The van der Waals surface area contributed by atoms with Crippen LogP contribution in [-0.2, 0) is 6.42 Å². The molecule has 0 bridgehead atoms. The summed E-state index contributed by atoms with van der Waals surface area (Å²) in [5.41, 5.74) is 2.33. The Bertz CT molecular complexity index is 593. The van der Waals surface area contributed by atoms with Crippen LogP contribution in [0.4, 0.5) is 4.39 Å². The van der Waals surface area contributed by atoms with Crippen LogP contribution in [-0.4, -0.2) is 5.78 Å². The highest BCUT2D eigenvalue weighted by Crippen LogP contribution is 2.19. The first kappa shape index (κ1) is 12.8. The molecule has 0 atom stereocenters. The molecule has 0 N–H and O–H groups in total. The standard InChI is InChI=1S/C15H12ClFO/c1-10-3-2-4-12(7-10)15(18)8-11-5-6-13(17)9-14(11)16/h2-7,9H,8H2,1H3. The van der Waals surface area contributed by atoms with Gasteiger partial charge < -0.3 is 0 Å². The Hall–Kier alpha value is -1.67. The number of carbonyl (C=O) groups excluding carboxylic acids is 1. The van der Waals surface area contributed by atoms with Crippen molar-refractivity contribution in [2.75, 3.05) is 0 Å². The van der Waals surface area contributed by atoms with Gasteiger partial charge in [0.2, 0.25) is 0 Å². The van der Waals surface area contributed by atoms with Gasteiger partial charge in [0.05, 0.1) is 0 Å². The highest BCUT2D eigenvalue weighted by Gasteiger charge is 2.10. The minimum Gasteiger partial charge on any atom is -0.294 e. The van der Waals surface area contributed by atoms with E-state index in [2.05, 4.69) is 0 Å². The molecule has 0 radical (unpaired) electrons. The Balaban J connectivity index is 2.21. The minimum absolute atomic E-state index is 0.0211. The fraction of sp³-hybridized carbons (Fsp3) is 0.133. The van der Waals surface area contributed by atoms with Crippen molar-refractivity contribution in [3.63, 3.8) is 0 Å². The smallest absolute Gasteiger partial charge is 0.167 e. The Kier molecular flexibility index (Phi) is 3.78. The molecule has 0 saturated carbocycles. The molecule has 0 aromatic heterocycles. The van der Waals surface area contributed by atoms with E-state index >= 15 is 0 Å². The lowest BCUT2D eigenvalue weighted by atomic mass is 10.0. The van der Waals surface area contributed by atoms with E-state index in [1.165, 1.54) is 12.1 Å². The molecule has 0 aliphatic heterocycles. The molecule has 2 aromatic rings. The monoisotopic (exact) mass is 262 g/mol. The first-order valence-corrected chi connectivity index (χ1v) is 5.98. The van der Waals surface area contributed by atoms with Gasteiger partial charge in [-0.25, -0.2) is 4.39 Å². The molecule has 92 valence electrons. The van der Waals surface area contributed by atoms with Gasteiger partial charge >= 0.3 is 0 Å². The zero-order valence-corrected chi connectivity index (χ0v) is 10.7. The van der Waals surface area contributed by atoms with Crippen molar-refractivity contribution in [3.05, 3.63) is 70.0 Å². The Morgan fingerprint density at radius 3 is 2.67 bits per heavy atom. The van der Waals surface area contributed by atoms with Gasteiger partial charge in [-0.15, -0.1) is 0 Å². The summed E-state index contributed by atoms with van der Waals surface area (Å²) >= 11 is 5.90. The van der Waals surface area contributed by atoms with E-state index in [9.17, 15) is 9.18 Å². The van der Waals surface area contributed by atoms with Gasteiger partial charge in [0, 0.05) is 17.0 Å². The zero-order chi connectivity index (χ0) is 13.1. The van der Waals surface area contributed by atoms with Gasteiger partial charge in [-0.2, -0.15) is 0 Å². The molecule has 0 spiro atoms. The van der Waals surface area contributed by atoms with Crippen molar-refractivity contribution in [3.8, 4) is 0 Å². The number of carbonyl (C=O) groups is 1. The molecule has 2 aromatic carbocycles.